The molecule has 2 amide bonds. The average molecular weight is 510 g/mol. The van der Waals surface area contributed by atoms with Gasteiger partial charge in [0.2, 0.25) is 17.7 Å². The molecule has 2 aliphatic heterocycles. The van der Waals surface area contributed by atoms with Gasteiger partial charge in [-0.05, 0) is 43.3 Å². The number of nitrogens with zero attached hydrogens (tertiary/aromatic N) is 3. The van der Waals surface area contributed by atoms with Crippen molar-refractivity contribution in [1.82, 2.24) is 4.90 Å². The monoisotopic (exact) mass is 509 g/mol. The third kappa shape index (κ3) is 3.95. The summed E-state index contributed by atoms with van der Waals surface area (Å²) in [5.41, 5.74) is 1.50. The van der Waals surface area contributed by atoms with Crippen LogP contribution in [0.25, 0.3) is 0 Å². The van der Waals surface area contributed by atoms with Crippen LogP contribution in [0.4, 0.5) is 5.69 Å². The van der Waals surface area contributed by atoms with Crippen LogP contribution in [0.1, 0.15) is 31.7 Å². The Morgan fingerprint density at radius 1 is 1.26 bits per heavy atom. The van der Waals surface area contributed by atoms with Crippen molar-refractivity contribution in [3.05, 3.63) is 93.3 Å². The Labute approximate surface area is 213 Å². The van der Waals surface area contributed by atoms with E-state index in [-0.39, 0.29) is 40.3 Å². The first-order chi connectivity index (χ1) is 16.7. The van der Waals surface area contributed by atoms with Gasteiger partial charge in [0.1, 0.15) is 5.75 Å². The van der Waals surface area contributed by atoms with Crippen molar-refractivity contribution < 1.29 is 19.1 Å². The Morgan fingerprint density at radius 3 is 2.60 bits per heavy atom. The second-order valence-electron chi connectivity index (χ2n) is 7.82. The Kier molecular flexibility index (Phi) is 6.62. The fraction of sp³-hybridized carbons (Fsp3) is 0.192. The molecule has 4 rings (SSSR count). The molecular formula is C26H21Cl2N3O4. The largest absolute Gasteiger partial charge is 0.495 e. The summed E-state index contributed by atoms with van der Waals surface area (Å²) < 4.78 is 11.5. The van der Waals surface area contributed by atoms with Crippen LogP contribution < -0.4 is 9.64 Å². The predicted octanol–water partition coefficient (Wildman–Crippen LogP) is 5.88. The van der Waals surface area contributed by atoms with E-state index in [0.717, 1.165) is 0 Å². The van der Waals surface area contributed by atoms with E-state index in [1.54, 1.807) is 50.2 Å². The summed E-state index contributed by atoms with van der Waals surface area (Å²) in [6.07, 6.45) is 0.124. The molecule has 1 atom stereocenters. The molecule has 178 valence electrons. The number of hydrogen-bond acceptors (Lipinski definition) is 5. The molecule has 0 bridgehead atoms. The minimum Gasteiger partial charge on any atom is -0.495 e. The van der Waals surface area contributed by atoms with Gasteiger partial charge in [0, 0.05) is 22.2 Å². The number of halogens is 2. The standard InChI is InChI=1S/C26H21Cl2N3O4/c1-5-22(32)30-14(2)18(13-29)23(17-11-10-16(27)12-19(17)28)24-25(33)31(15(3)35-26(24)30)20-8-6-7-9-21(20)34-4/h6-12,23H,3,5H2,1-2,4H3. The highest BCUT2D eigenvalue weighted by Gasteiger charge is 2.47. The highest BCUT2D eigenvalue weighted by molar-refractivity contribution is 6.35. The molecule has 0 radical (unpaired) electrons. The summed E-state index contributed by atoms with van der Waals surface area (Å²) in [6.45, 7) is 7.25. The fourth-order valence-electron chi connectivity index (χ4n) is 4.29. The summed E-state index contributed by atoms with van der Waals surface area (Å²) in [5.74, 6) is -1.36. The first-order valence-corrected chi connectivity index (χ1v) is 11.5. The van der Waals surface area contributed by atoms with Crippen molar-refractivity contribution in [2.45, 2.75) is 26.2 Å². The van der Waals surface area contributed by atoms with Crippen molar-refractivity contribution in [1.29, 1.82) is 5.26 Å². The van der Waals surface area contributed by atoms with Crippen LogP contribution >= 0.6 is 23.2 Å². The van der Waals surface area contributed by atoms with Crippen molar-refractivity contribution >= 4 is 40.7 Å². The maximum Gasteiger partial charge on any atom is 0.267 e. The van der Waals surface area contributed by atoms with Gasteiger partial charge in [0.15, 0.2) is 0 Å². The molecule has 0 fully saturated rings. The lowest BCUT2D eigenvalue weighted by Crippen LogP contribution is -2.46. The highest BCUT2D eigenvalue weighted by Crippen LogP contribution is 2.49. The molecular weight excluding hydrogens is 489 g/mol. The van der Waals surface area contributed by atoms with Gasteiger partial charge in [0.05, 0.1) is 35.9 Å². The minimum atomic E-state index is -0.904. The van der Waals surface area contributed by atoms with Gasteiger partial charge < -0.3 is 9.47 Å². The Hall–Kier alpha value is -3.73. The molecule has 0 spiro atoms. The molecule has 2 aromatic carbocycles. The van der Waals surface area contributed by atoms with Crippen LogP contribution in [0.3, 0.4) is 0 Å². The fourth-order valence-corrected chi connectivity index (χ4v) is 4.80. The van der Waals surface area contributed by atoms with E-state index in [0.29, 0.717) is 27.7 Å². The molecule has 2 aliphatic rings. The van der Waals surface area contributed by atoms with Crippen LogP contribution in [0.2, 0.25) is 10.0 Å². The minimum absolute atomic E-state index is 0.00511. The topological polar surface area (TPSA) is 82.9 Å². The number of benzene rings is 2. The molecule has 0 aliphatic carbocycles. The lowest BCUT2D eigenvalue weighted by atomic mass is 9.80. The predicted molar refractivity (Wildman–Crippen MR) is 132 cm³/mol. The van der Waals surface area contributed by atoms with Gasteiger partial charge in [-0.25, -0.2) is 4.90 Å². The SMILES string of the molecule is C=C1OC2=C(C(=O)N1c1ccccc1OC)C(c1ccc(Cl)cc1Cl)C(C#N)=C(C)N2C(=O)CC. The van der Waals surface area contributed by atoms with Gasteiger partial charge in [-0.1, -0.05) is 48.3 Å². The zero-order valence-corrected chi connectivity index (χ0v) is 20.8. The Morgan fingerprint density at radius 2 is 1.97 bits per heavy atom. The summed E-state index contributed by atoms with van der Waals surface area (Å²) in [6, 6.07) is 13.9. The number of ether oxygens (including phenoxy) is 2. The number of methoxy groups -OCH3 is 1. The van der Waals surface area contributed by atoms with E-state index in [2.05, 4.69) is 12.6 Å². The van der Waals surface area contributed by atoms with E-state index >= 15 is 0 Å². The molecule has 7 nitrogen and oxygen atoms in total. The number of rotatable bonds is 4. The van der Waals surface area contributed by atoms with Gasteiger partial charge in [0.25, 0.3) is 5.91 Å². The summed E-state index contributed by atoms with van der Waals surface area (Å²) in [4.78, 5) is 29.6. The van der Waals surface area contributed by atoms with Crippen LogP contribution in [-0.4, -0.2) is 23.8 Å². The van der Waals surface area contributed by atoms with Gasteiger partial charge in [-0.3, -0.25) is 14.5 Å². The molecule has 2 aromatic rings. The quantitative estimate of drug-likeness (QED) is 0.513. The molecule has 2 heterocycles. The van der Waals surface area contributed by atoms with Crippen molar-refractivity contribution in [3.63, 3.8) is 0 Å². The molecule has 0 aromatic heterocycles. The zero-order valence-electron chi connectivity index (χ0n) is 19.3. The highest BCUT2D eigenvalue weighted by atomic mass is 35.5. The van der Waals surface area contributed by atoms with Gasteiger partial charge in [-0.15, -0.1) is 0 Å². The Bertz CT molecular complexity index is 1370. The smallest absolute Gasteiger partial charge is 0.267 e. The van der Waals surface area contributed by atoms with Gasteiger partial charge >= 0.3 is 0 Å². The third-order valence-corrected chi connectivity index (χ3v) is 6.47. The number of carbonyl (C=O) groups is 2. The number of amides is 2. The first kappa shape index (κ1) is 24.4. The summed E-state index contributed by atoms with van der Waals surface area (Å²) >= 11 is 12.7. The first-order valence-electron chi connectivity index (χ1n) is 10.7. The average Bonchev–Trinajstić information content (AvgIpc) is 2.83. The Balaban J connectivity index is 2.01. The summed E-state index contributed by atoms with van der Waals surface area (Å²) in [7, 11) is 1.49. The van der Waals surface area contributed by atoms with Crippen LogP contribution in [0.15, 0.2) is 77.7 Å². The molecule has 0 saturated heterocycles. The van der Waals surface area contributed by atoms with E-state index in [4.69, 9.17) is 32.7 Å². The van der Waals surface area contributed by atoms with Gasteiger partial charge in [-0.2, -0.15) is 5.26 Å². The van der Waals surface area contributed by atoms with E-state index < -0.39 is 11.8 Å². The van der Waals surface area contributed by atoms with E-state index in [1.807, 2.05) is 0 Å². The number of para-hydroxylation sites is 2. The molecule has 0 N–H and O–H groups in total. The number of allylic oxidation sites excluding steroid dienone is 2. The maximum absolute atomic E-state index is 14.2. The molecule has 35 heavy (non-hydrogen) atoms. The second kappa shape index (κ2) is 9.49. The summed E-state index contributed by atoms with van der Waals surface area (Å²) in [5, 5.41) is 10.8. The lowest BCUT2D eigenvalue weighted by molar-refractivity contribution is -0.130. The molecule has 9 heteroatoms. The van der Waals surface area contributed by atoms with Crippen molar-refractivity contribution in [2.24, 2.45) is 0 Å². The van der Waals surface area contributed by atoms with E-state index in [9.17, 15) is 14.9 Å². The lowest BCUT2D eigenvalue weighted by Gasteiger charge is -2.41. The number of hydrogen-bond donors (Lipinski definition) is 0. The van der Waals surface area contributed by atoms with Crippen LogP contribution in [0, 0.1) is 11.3 Å². The van der Waals surface area contributed by atoms with Crippen molar-refractivity contribution in [2.75, 3.05) is 12.0 Å². The number of carbonyl (C=O) groups excluding carboxylic acids is 2. The number of anilines is 1. The van der Waals surface area contributed by atoms with Crippen molar-refractivity contribution in [3.8, 4) is 11.8 Å². The molecule has 0 saturated carbocycles. The maximum atomic E-state index is 14.2. The second-order valence-corrected chi connectivity index (χ2v) is 8.66. The van der Waals surface area contributed by atoms with E-state index in [1.165, 1.54) is 23.0 Å². The number of nitriles is 1. The molecule has 1 unspecified atom stereocenters. The normalized spacial score (nSPS) is 17.8. The van der Waals surface area contributed by atoms with Crippen LogP contribution in [-0.2, 0) is 14.3 Å². The third-order valence-electron chi connectivity index (χ3n) is 5.91. The zero-order chi connectivity index (χ0) is 25.4. The van der Waals surface area contributed by atoms with Crippen LogP contribution in [0.5, 0.6) is 5.75 Å².